The standard InChI is InChI=1S/C26H34F3N5O2/c1-25(2,3)24-30-21(26(27,28)29)17-22(31-24)33-14-12-32(13-15-33)10-4-5-11-34-20-16-19(35)8-6-18(20)7-9-23(34)36/h6,8,16-17,35H,4-5,7,9-15H2,1-3H3. The number of phenolic OH excluding ortho intramolecular Hbond substituents is 1. The van der Waals surface area contributed by atoms with Gasteiger partial charge in [-0.25, -0.2) is 9.97 Å². The van der Waals surface area contributed by atoms with E-state index in [2.05, 4.69) is 14.9 Å². The molecule has 1 aromatic heterocycles. The lowest BCUT2D eigenvalue weighted by atomic mass is 9.95. The van der Waals surface area contributed by atoms with Gasteiger partial charge in [-0.3, -0.25) is 9.69 Å². The summed E-state index contributed by atoms with van der Waals surface area (Å²) >= 11 is 0. The summed E-state index contributed by atoms with van der Waals surface area (Å²) in [5.41, 5.74) is 0.392. The number of hydrogen-bond donors (Lipinski definition) is 1. The van der Waals surface area contributed by atoms with Crippen molar-refractivity contribution in [3.8, 4) is 5.75 Å². The number of nitrogens with zero attached hydrogens (tertiary/aromatic N) is 5. The summed E-state index contributed by atoms with van der Waals surface area (Å²) in [6, 6.07) is 6.25. The lowest BCUT2D eigenvalue weighted by Crippen LogP contribution is -2.47. The molecule has 0 spiro atoms. The maximum atomic E-state index is 13.4. The molecule has 10 heteroatoms. The lowest BCUT2D eigenvalue weighted by molar-refractivity contribution is -0.141. The Bertz CT molecular complexity index is 1060. The maximum Gasteiger partial charge on any atom is 0.433 e. The quantitative estimate of drug-likeness (QED) is 0.588. The molecule has 2 aliphatic heterocycles. The summed E-state index contributed by atoms with van der Waals surface area (Å²) in [7, 11) is 0. The molecule has 7 nitrogen and oxygen atoms in total. The average Bonchev–Trinajstić information content (AvgIpc) is 2.82. The minimum Gasteiger partial charge on any atom is -0.508 e. The van der Waals surface area contributed by atoms with Crippen LogP contribution in [0.25, 0.3) is 0 Å². The Morgan fingerprint density at radius 3 is 2.31 bits per heavy atom. The van der Waals surface area contributed by atoms with Crippen molar-refractivity contribution >= 4 is 17.4 Å². The van der Waals surface area contributed by atoms with Crippen molar-refractivity contribution in [3.63, 3.8) is 0 Å². The molecule has 1 fully saturated rings. The van der Waals surface area contributed by atoms with Crippen molar-refractivity contribution in [2.24, 2.45) is 0 Å². The van der Waals surface area contributed by atoms with Crippen LogP contribution in [0.15, 0.2) is 24.3 Å². The molecule has 0 unspecified atom stereocenters. The number of aromatic nitrogens is 2. The third-order valence-corrected chi connectivity index (χ3v) is 6.75. The molecule has 0 radical (unpaired) electrons. The highest BCUT2D eigenvalue weighted by molar-refractivity contribution is 5.96. The predicted octanol–water partition coefficient (Wildman–Crippen LogP) is 4.38. The van der Waals surface area contributed by atoms with Crippen molar-refractivity contribution in [3.05, 3.63) is 41.3 Å². The smallest absolute Gasteiger partial charge is 0.433 e. The third kappa shape index (κ3) is 6.08. The molecule has 2 aromatic rings. The fourth-order valence-corrected chi connectivity index (χ4v) is 4.65. The Hall–Kier alpha value is -2.88. The first kappa shape index (κ1) is 26.2. The molecule has 0 aliphatic carbocycles. The number of benzene rings is 1. The van der Waals surface area contributed by atoms with Crippen LogP contribution in [-0.2, 0) is 22.8 Å². The number of anilines is 2. The van der Waals surface area contributed by atoms with Crippen LogP contribution in [0.2, 0.25) is 0 Å². The Balaban J connectivity index is 1.30. The number of fused-ring (bicyclic) bond motifs is 1. The van der Waals surface area contributed by atoms with Gasteiger partial charge in [-0.15, -0.1) is 0 Å². The van der Waals surface area contributed by atoms with Crippen LogP contribution in [0.3, 0.4) is 0 Å². The fraction of sp³-hybridized carbons (Fsp3) is 0.577. The molecule has 0 atom stereocenters. The second-order valence-electron chi connectivity index (χ2n) is 10.6. The van der Waals surface area contributed by atoms with E-state index in [1.54, 1.807) is 17.0 Å². The molecule has 3 heterocycles. The van der Waals surface area contributed by atoms with Crippen LogP contribution < -0.4 is 9.80 Å². The molecule has 36 heavy (non-hydrogen) atoms. The minimum atomic E-state index is -4.52. The molecule has 2 aliphatic rings. The highest BCUT2D eigenvalue weighted by Crippen LogP contribution is 2.33. The van der Waals surface area contributed by atoms with Crippen LogP contribution in [-0.4, -0.2) is 65.2 Å². The van der Waals surface area contributed by atoms with Gasteiger partial charge < -0.3 is 14.9 Å². The van der Waals surface area contributed by atoms with E-state index in [0.717, 1.165) is 49.8 Å². The molecule has 4 rings (SSSR count). The monoisotopic (exact) mass is 505 g/mol. The number of aryl methyl sites for hydroxylation is 1. The molecule has 1 N–H and O–H groups in total. The van der Waals surface area contributed by atoms with E-state index in [0.29, 0.717) is 38.3 Å². The Labute approximate surface area is 209 Å². The van der Waals surface area contributed by atoms with E-state index in [9.17, 15) is 23.1 Å². The van der Waals surface area contributed by atoms with Gasteiger partial charge in [-0.1, -0.05) is 26.8 Å². The number of hydrogen-bond acceptors (Lipinski definition) is 6. The van der Waals surface area contributed by atoms with Crippen molar-refractivity contribution in [1.29, 1.82) is 0 Å². The maximum absolute atomic E-state index is 13.4. The van der Waals surface area contributed by atoms with E-state index in [1.807, 2.05) is 31.7 Å². The Kier molecular flexibility index (Phi) is 7.45. The SMILES string of the molecule is CC(C)(C)c1nc(N2CCN(CCCCN3C(=O)CCc4ccc(O)cc43)CC2)cc(C(F)(F)F)n1. The second kappa shape index (κ2) is 10.2. The normalized spacial score (nSPS) is 17.4. The zero-order valence-corrected chi connectivity index (χ0v) is 21.1. The van der Waals surface area contributed by atoms with E-state index >= 15 is 0 Å². The third-order valence-electron chi connectivity index (χ3n) is 6.75. The van der Waals surface area contributed by atoms with Gasteiger partial charge in [0.15, 0.2) is 0 Å². The summed E-state index contributed by atoms with van der Waals surface area (Å²) in [6.07, 6.45) is -1.61. The van der Waals surface area contributed by atoms with Gasteiger partial charge in [-0.05, 0) is 37.4 Å². The van der Waals surface area contributed by atoms with Crippen LogP contribution in [0.1, 0.15) is 57.1 Å². The van der Waals surface area contributed by atoms with E-state index in [1.165, 1.54) is 0 Å². The van der Waals surface area contributed by atoms with Gasteiger partial charge >= 0.3 is 6.18 Å². The van der Waals surface area contributed by atoms with Gasteiger partial charge in [0.1, 0.15) is 23.1 Å². The second-order valence-corrected chi connectivity index (χ2v) is 10.6. The molecule has 0 bridgehead atoms. The molecule has 196 valence electrons. The minimum absolute atomic E-state index is 0.0828. The number of alkyl halides is 3. The first-order valence-corrected chi connectivity index (χ1v) is 12.5. The highest BCUT2D eigenvalue weighted by atomic mass is 19.4. The number of halogens is 3. The van der Waals surface area contributed by atoms with Crippen LogP contribution in [0.4, 0.5) is 24.7 Å². The summed E-state index contributed by atoms with van der Waals surface area (Å²) in [5.74, 6) is 0.760. The lowest BCUT2D eigenvalue weighted by Gasteiger charge is -2.36. The van der Waals surface area contributed by atoms with Crippen LogP contribution >= 0.6 is 0 Å². The summed E-state index contributed by atoms with van der Waals surface area (Å²) in [4.78, 5) is 26.7. The molecular formula is C26H34F3N5O2. The van der Waals surface area contributed by atoms with Crippen molar-refractivity contribution < 1.29 is 23.1 Å². The number of carbonyl (C=O) groups excluding carboxylic acids is 1. The van der Waals surface area contributed by atoms with E-state index in [4.69, 9.17) is 0 Å². The van der Waals surface area contributed by atoms with Gasteiger partial charge in [0.05, 0.1) is 5.69 Å². The molecule has 1 amide bonds. The average molecular weight is 506 g/mol. The van der Waals surface area contributed by atoms with Gasteiger partial charge in [-0.2, -0.15) is 13.2 Å². The summed E-state index contributed by atoms with van der Waals surface area (Å²) < 4.78 is 40.3. The topological polar surface area (TPSA) is 72.8 Å². The number of phenols is 1. The summed E-state index contributed by atoms with van der Waals surface area (Å²) in [6.45, 7) is 9.53. The van der Waals surface area contributed by atoms with Crippen LogP contribution in [0.5, 0.6) is 5.75 Å². The number of unbranched alkanes of at least 4 members (excludes halogenated alkanes) is 1. The molecule has 1 aromatic carbocycles. The first-order chi connectivity index (χ1) is 16.9. The number of amides is 1. The first-order valence-electron chi connectivity index (χ1n) is 12.5. The zero-order valence-electron chi connectivity index (χ0n) is 21.1. The van der Waals surface area contributed by atoms with Crippen molar-refractivity contribution in [1.82, 2.24) is 14.9 Å². The predicted molar refractivity (Wildman–Crippen MR) is 132 cm³/mol. The van der Waals surface area contributed by atoms with E-state index < -0.39 is 17.3 Å². The van der Waals surface area contributed by atoms with Gasteiger partial charge in [0, 0.05) is 56.7 Å². The Morgan fingerprint density at radius 1 is 0.944 bits per heavy atom. The van der Waals surface area contributed by atoms with Crippen molar-refractivity contribution in [2.45, 2.75) is 58.0 Å². The molecule has 0 saturated carbocycles. The van der Waals surface area contributed by atoms with E-state index in [-0.39, 0.29) is 17.5 Å². The number of rotatable bonds is 6. The molecular weight excluding hydrogens is 471 g/mol. The summed E-state index contributed by atoms with van der Waals surface area (Å²) in [5, 5.41) is 9.84. The largest absolute Gasteiger partial charge is 0.508 e. The van der Waals surface area contributed by atoms with Crippen molar-refractivity contribution in [2.75, 3.05) is 49.1 Å². The molecule has 1 saturated heterocycles. The number of carbonyl (C=O) groups is 1. The highest BCUT2D eigenvalue weighted by Gasteiger charge is 2.36. The van der Waals surface area contributed by atoms with Crippen LogP contribution in [0, 0.1) is 0 Å². The number of piperazine rings is 1. The zero-order chi connectivity index (χ0) is 26.1. The van der Waals surface area contributed by atoms with Gasteiger partial charge in [0.25, 0.3) is 0 Å². The number of aromatic hydroxyl groups is 1. The van der Waals surface area contributed by atoms with Gasteiger partial charge in [0.2, 0.25) is 5.91 Å². The Morgan fingerprint density at radius 2 is 1.64 bits per heavy atom. The fourth-order valence-electron chi connectivity index (χ4n) is 4.65.